The first-order valence-electron chi connectivity index (χ1n) is 4.77. The van der Waals surface area contributed by atoms with Crippen molar-refractivity contribution in [1.82, 2.24) is 10.2 Å². The Labute approximate surface area is 74.1 Å². The molecule has 1 saturated carbocycles. The first kappa shape index (κ1) is 9.36. The van der Waals surface area contributed by atoms with Gasteiger partial charge in [0.15, 0.2) is 0 Å². The lowest BCUT2D eigenvalue weighted by atomic mass is 9.92. The van der Waals surface area contributed by atoms with Crippen molar-refractivity contribution < 1.29 is 4.79 Å². The second kappa shape index (κ2) is 4.33. The summed E-state index contributed by atoms with van der Waals surface area (Å²) in [4.78, 5) is 13.2. The van der Waals surface area contributed by atoms with Crippen LogP contribution in [-0.4, -0.2) is 30.1 Å². The van der Waals surface area contributed by atoms with E-state index in [0.717, 1.165) is 6.54 Å². The highest BCUT2D eigenvalue weighted by molar-refractivity contribution is 5.74. The Balaban J connectivity index is 2.37. The van der Waals surface area contributed by atoms with Gasteiger partial charge in [-0.1, -0.05) is 0 Å². The SMILES string of the molecule is CC[N]C(=O)N(CC)C1CCC1. The lowest BCUT2D eigenvalue weighted by Gasteiger charge is -2.36. The molecule has 0 aromatic rings. The van der Waals surface area contributed by atoms with Crippen LogP contribution in [0.1, 0.15) is 33.1 Å². The van der Waals surface area contributed by atoms with Crippen LogP contribution in [0.4, 0.5) is 4.79 Å². The third-order valence-electron chi connectivity index (χ3n) is 2.40. The standard InChI is InChI=1S/C9H17N2O/c1-3-10-9(12)11(4-2)8-6-5-7-8/h8H,3-7H2,1-2H3. The fraction of sp³-hybridized carbons (Fsp3) is 0.889. The maximum atomic E-state index is 11.4. The summed E-state index contributed by atoms with van der Waals surface area (Å²) in [6.45, 7) is 5.31. The molecule has 1 radical (unpaired) electrons. The summed E-state index contributed by atoms with van der Waals surface area (Å²) in [5, 5.41) is 3.89. The van der Waals surface area contributed by atoms with Gasteiger partial charge in [-0.3, -0.25) is 0 Å². The maximum absolute atomic E-state index is 11.4. The Bertz CT molecular complexity index is 155. The van der Waals surface area contributed by atoms with Gasteiger partial charge in [-0.05, 0) is 33.1 Å². The van der Waals surface area contributed by atoms with Gasteiger partial charge in [0.2, 0.25) is 0 Å². The van der Waals surface area contributed by atoms with E-state index in [9.17, 15) is 4.79 Å². The molecule has 69 valence electrons. The van der Waals surface area contributed by atoms with E-state index in [0.29, 0.717) is 12.6 Å². The van der Waals surface area contributed by atoms with Gasteiger partial charge in [0, 0.05) is 19.1 Å². The molecule has 0 bridgehead atoms. The summed E-state index contributed by atoms with van der Waals surface area (Å²) in [7, 11) is 0. The molecule has 0 spiro atoms. The van der Waals surface area contributed by atoms with Crippen molar-refractivity contribution in [2.24, 2.45) is 0 Å². The van der Waals surface area contributed by atoms with Crippen LogP contribution in [0.3, 0.4) is 0 Å². The van der Waals surface area contributed by atoms with E-state index < -0.39 is 0 Å². The normalized spacial score (nSPS) is 16.8. The molecule has 0 heterocycles. The molecule has 0 unspecified atom stereocenters. The van der Waals surface area contributed by atoms with Crippen molar-refractivity contribution in [2.75, 3.05) is 13.1 Å². The number of amides is 2. The zero-order chi connectivity index (χ0) is 8.97. The first-order valence-corrected chi connectivity index (χ1v) is 4.77. The Kier molecular flexibility index (Phi) is 3.38. The number of urea groups is 1. The van der Waals surface area contributed by atoms with Gasteiger partial charge in [-0.2, -0.15) is 0 Å². The average Bonchev–Trinajstić information content (AvgIpc) is 1.96. The number of hydrogen-bond acceptors (Lipinski definition) is 1. The third kappa shape index (κ3) is 1.90. The molecule has 1 aliphatic carbocycles. The predicted molar refractivity (Wildman–Crippen MR) is 48.1 cm³/mol. The Morgan fingerprint density at radius 1 is 1.50 bits per heavy atom. The molecule has 0 N–H and O–H groups in total. The smallest absolute Gasteiger partial charge is 0.321 e. The summed E-state index contributed by atoms with van der Waals surface area (Å²) >= 11 is 0. The predicted octanol–water partition coefficient (Wildman–Crippen LogP) is 1.61. The van der Waals surface area contributed by atoms with E-state index in [1.165, 1.54) is 19.3 Å². The molecule has 1 rings (SSSR count). The third-order valence-corrected chi connectivity index (χ3v) is 2.40. The highest BCUT2D eigenvalue weighted by atomic mass is 16.2. The monoisotopic (exact) mass is 169 g/mol. The van der Waals surface area contributed by atoms with Crippen LogP contribution in [0, 0.1) is 0 Å². The second-order valence-electron chi connectivity index (χ2n) is 3.13. The topological polar surface area (TPSA) is 34.4 Å². The average molecular weight is 169 g/mol. The molecular weight excluding hydrogens is 152 g/mol. The van der Waals surface area contributed by atoms with Gasteiger partial charge >= 0.3 is 6.03 Å². The zero-order valence-electron chi connectivity index (χ0n) is 7.92. The maximum Gasteiger partial charge on any atom is 0.339 e. The summed E-state index contributed by atoms with van der Waals surface area (Å²) in [6, 6.07) is 0.461. The van der Waals surface area contributed by atoms with Crippen molar-refractivity contribution in [1.29, 1.82) is 0 Å². The Morgan fingerprint density at radius 3 is 2.50 bits per heavy atom. The molecule has 3 nitrogen and oxygen atoms in total. The van der Waals surface area contributed by atoms with Crippen LogP contribution in [0.5, 0.6) is 0 Å². The Morgan fingerprint density at radius 2 is 2.17 bits per heavy atom. The van der Waals surface area contributed by atoms with Gasteiger partial charge in [0.1, 0.15) is 0 Å². The van der Waals surface area contributed by atoms with Gasteiger partial charge in [0.05, 0.1) is 0 Å². The fourth-order valence-electron chi connectivity index (χ4n) is 1.47. The molecule has 2 amide bonds. The lowest BCUT2D eigenvalue weighted by molar-refractivity contribution is 0.142. The summed E-state index contributed by atoms with van der Waals surface area (Å²) in [5.41, 5.74) is 0. The van der Waals surface area contributed by atoms with E-state index in [1.54, 1.807) is 0 Å². The van der Waals surface area contributed by atoms with Crippen LogP contribution >= 0.6 is 0 Å². The molecule has 1 fully saturated rings. The van der Waals surface area contributed by atoms with E-state index in [4.69, 9.17) is 0 Å². The van der Waals surface area contributed by atoms with Crippen LogP contribution in [-0.2, 0) is 0 Å². The molecule has 12 heavy (non-hydrogen) atoms. The van der Waals surface area contributed by atoms with Crippen LogP contribution in [0.25, 0.3) is 0 Å². The number of carbonyl (C=O) groups is 1. The van der Waals surface area contributed by atoms with Crippen molar-refractivity contribution in [2.45, 2.75) is 39.2 Å². The molecule has 0 atom stereocenters. The molecule has 3 heteroatoms. The van der Waals surface area contributed by atoms with Crippen LogP contribution in [0.2, 0.25) is 0 Å². The molecule has 0 saturated heterocycles. The van der Waals surface area contributed by atoms with Crippen molar-refractivity contribution in [3.8, 4) is 0 Å². The van der Waals surface area contributed by atoms with Crippen LogP contribution < -0.4 is 5.32 Å². The number of carbonyl (C=O) groups excluding carboxylic acids is 1. The molecule has 0 aromatic carbocycles. The highest BCUT2D eigenvalue weighted by Crippen LogP contribution is 2.24. The highest BCUT2D eigenvalue weighted by Gasteiger charge is 2.27. The fourth-order valence-corrected chi connectivity index (χ4v) is 1.47. The largest absolute Gasteiger partial charge is 0.339 e. The molecule has 1 aliphatic rings. The molecule has 0 aromatic heterocycles. The molecular formula is C9H17N2O. The number of rotatable bonds is 3. The van der Waals surface area contributed by atoms with E-state index in [1.807, 2.05) is 18.7 Å². The van der Waals surface area contributed by atoms with Gasteiger partial charge in [0.25, 0.3) is 0 Å². The Hall–Kier alpha value is -0.730. The van der Waals surface area contributed by atoms with Crippen molar-refractivity contribution in [3.05, 3.63) is 0 Å². The van der Waals surface area contributed by atoms with Crippen LogP contribution in [0.15, 0.2) is 0 Å². The van der Waals surface area contributed by atoms with Gasteiger partial charge in [-0.15, -0.1) is 0 Å². The zero-order valence-corrected chi connectivity index (χ0v) is 7.92. The number of hydrogen-bond donors (Lipinski definition) is 0. The van der Waals surface area contributed by atoms with Crippen molar-refractivity contribution in [3.63, 3.8) is 0 Å². The minimum atomic E-state index is -0.0234. The number of nitrogens with zero attached hydrogens (tertiary/aromatic N) is 2. The van der Waals surface area contributed by atoms with E-state index in [2.05, 4.69) is 5.32 Å². The van der Waals surface area contributed by atoms with E-state index >= 15 is 0 Å². The summed E-state index contributed by atoms with van der Waals surface area (Å²) in [6.07, 6.45) is 3.60. The first-order chi connectivity index (χ1) is 5.79. The summed E-state index contributed by atoms with van der Waals surface area (Å²) < 4.78 is 0. The lowest BCUT2D eigenvalue weighted by Crippen LogP contribution is -2.46. The molecule has 0 aliphatic heterocycles. The minimum Gasteiger partial charge on any atom is -0.321 e. The quantitative estimate of drug-likeness (QED) is 0.632. The minimum absolute atomic E-state index is 0.0234. The van der Waals surface area contributed by atoms with E-state index in [-0.39, 0.29) is 6.03 Å². The van der Waals surface area contributed by atoms with Gasteiger partial charge in [-0.25, -0.2) is 10.1 Å². The van der Waals surface area contributed by atoms with Gasteiger partial charge < -0.3 is 4.90 Å². The summed E-state index contributed by atoms with van der Waals surface area (Å²) in [5.74, 6) is 0. The second-order valence-corrected chi connectivity index (χ2v) is 3.13. The van der Waals surface area contributed by atoms with Crippen molar-refractivity contribution >= 4 is 6.03 Å².